The molecular formula is C17H25N3O. The third-order valence-electron chi connectivity index (χ3n) is 3.98. The summed E-state index contributed by atoms with van der Waals surface area (Å²) in [4.78, 5) is 16.5. The van der Waals surface area contributed by atoms with E-state index in [4.69, 9.17) is 5.73 Å². The predicted molar refractivity (Wildman–Crippen MR) is 86.0 cm³/mol. The molecule has 0 aromatic heterocycles. The zero-order chi connectivity index (χ0) is 15.1. The SMILES string of the molecule is C=CCN1CCN(C(=O)[C@@H](N)CCc2ccccc2)CC1. The quantitative estimate of drug-likeness (QED) is 0.802. The van der Waals surface area contributed by atoms with E-state index in [1.165, 1.54) is 5.56 Å². The van der Waals surface area contributed by atoms with Gasteiger partial charge in [0.1, 0.15) is 0 Å². The van der Waals surface area contributed by atoms with Crippen LogP contribution in [0.1, 0.15) is 12.0 Å². The Bertz CT molecular complexity index is 452. The molecule has 1 saturated heterocycles. The summed E-state index contributed by atoms with van der Waals surface area (Å²) in [6.45, 7) is 7.99. The molecule has 1 atom stereocenters. The van der Waals surface area contributed by atoms with Crippen molar-refractivity contribution in [3.63, 3.8) is 0 Å². The minimum Gasteiger partial charge on any atom is -0.339 e. The lowest BCUT2D eigenvalue weighted by molar-refractivity contribution is -0.134. The Morgan fingerprint density at radius 3 is 2.52 bits per heavy atom. The van der Waals surface area contributed by atoms with Crippen molar-refractivity contribution in [2.75, 3.05) is 32.7 Å². The lowest BCUT2D eigenvalue weighted by atomic mass is 10.0. The van der Waals surface area contributed by atoms with Crippen molar-refractivity contribution in [3.05, 3.63) is 48.6 Å². The fourth-order valence-electron chi connectivity index (χ4n) is 2.66. The fraction of sp³-hybridized carbons (Fsp3) is 0.471. The average molecular weight is 287 g/mol. The minimum absolute atomic E-state index is 0.0872. The van der Waals surface area contributed by atoms with Crippen molar-refractivity contribution in [1.29, 1.82) is 0 Å². The van der Waals surface area contributed by atoms with Gasteiger partial charge in [-0.25, -0.2) is 0 Å². The van der Waals surface area contributed by atoms with E-state index >= 15 is 0 Å². The molecule has 0 saturated carbocycles. The summed E-state index contributed by atoms with van der Waals surface area (Å²) in [5.74, 6) is 0.0872. The summed E-state index contributed by atoms with van der Waals surface area (Å²) in [6, 6.07) is 9.78. The average Bonchev–Trinajstić information content (AvgIpc) is 2.54. The molecular weight excluding hydrogens is 262 g/mol. The number of aryl methyl sites for hydroxylation is 1. The van der Waals surface area contributed by atoms with Crippen LogP contribution in [0.5, 0.6) is 0 Å². The van der Waals surface area contributed by atoms with Crippen LogP contribution in [0.15, 0.2) is 43.0 Å². The van der Waals surface area contributed by atoms with E-state index in [-0.39, 0.29) is 5.91 Å². The Kier molecular flexibility index (Phi) is 5.96. The normalized spacial score (nSPS) is 17.5. The molecule has 1 amide bonds. The van der Waals surface area contributed by atoms with Crippen molar-refractivity contribution in [2.24, 2.45) is 5.73 Å². The highest BCUT2D eigenvalue weighted by Gasteiger charge is 2.24. The van der Waals surface area contributed by atoms with Crippen molar-refractivity contribution >= 4 is 5.91 Å². The van der Waals surface area contributed by atoms with Gasteiger partial charge in [0, 0.05) is 32.7 Å². The lowest BCUT2D eigenvalue weighted by Gasteiger charge is -2.35. The van der Waals surface area contributed by atoms with Crippen LogP contribution in [-0.4, -0.2) is 54.5 Å². The number of carbonyl (C=O) groups is 1. The number of hydrogen-bond donors (Lipinski definition) is 1. The largest absolute Gasteiger partial charge is 0.339 e. The lowest BCUT2D eigenvalue weighted by Crippen LogP contribution is -2.53. The minimum atomic E-state index is -0.392. The highest BCUT2D eigenvalue weighted by molar-refractivity contribution is 5.81. The third-order valence-corrected chi connectivity index (χ3v) is 3.98. The molecule has 0 spiro atoms. The summed E-state index contributed by atoms with van der Waals surface area (Å²) >= 11 is 0. The number of piperazine rings is 1. The molecule has 1 aromatic rings. The monoisotopic (exact) mass is 287 g/mol. The van der Waals surface area contributed by atoms with E-state index in [0.29, 0.717) is 6.42 Å². The highest BCUT2D eigenvalue weighted by atomic mass is 16.2. The molecule has 2 rings (SSSR count). The first-order valence-electron chi connectivity index (χ1n) is 7.62. The van der Waals surface area contributed by atoms with Gasteiger partial charge in [-0.3, -0.25) is 9.69 Å². The molecule has 0 radical (unpaired) electrons. The predicted octanol–water partition coefficient (Wildman–Crippen LogP) is 1.28. The second-order valence-electron chi connectivity index (χ2n) is 5.55. The van der Waals surface area contributed by atoms with Crippen molar-refractivity contribution in [2.45, 2.75) is 18.9 Å². The Hall–Kier alpha value is -1.65. The maximum absolute atomic E-state index is 12.3. The Balaban J connectivity index is 1.76. The number of hydrogen-bond acceptors (Lipinski definition) is 3. The summed E-state index contributed by atoms with van der Waals surface area (Å²) in [6.07, 6.45) is 3.46. The summed E-state index contributed by atoms with van der Waals surface area (Å²) in [7, 11) is 0. The molecule has 1 heterocycles. The second kappa shape index (κ2) is 7.96. The van der Waals surface area contributed by atoms with Gasteiger partial charge in [0.05, 0.1) is 6.04 Å². The van der Waals surface area contributed by atoms with E-state index in [2.05, 4.69) is 23.6 Å². The van der Waals surface area contributed by atoms with Crippen LogP contribution in [0.2, 0.25) is 0 Å². The maximum Gasteiger partial charge on any atom is 0.239 e. The second-order valence-corrected chi connectivity index (χ2v) is 5.55. The first-order valence-corrected chi connectivity index (χ1v) is 7.62. The van der Waals surface area contributed by atoms with E-state index in [9.17, 15) is 4.79 Å². The number of benzene rings is 1. The number of carbonyl (C=O) groups excluding carboxylic acids is 1. The molecule has 1 aliphatic heterocycles. The highest BCUT2D eigenvalue weighted by Crippen LogP contribution is 2.08. The van der Waals surface area contributed by atoms with Crippen molar-refractivity contribution in [3.8, 4) is 0 Å². The Morgan fingerprint density at radius 2 is 1.90 bits per heavy atom. The van der Waals surface area contributed by atoms with Gasteiger partial charge in [0.2, 0.25) is 5.91 Å². The molecule has 4 heteroatoms. The first-order chi connectivity index (χ1) is 10.2. The third kappa shape index (κ3) is 4.69. The van der Waals surface area contributed by atoms with Gasteiger partial charge in [-0.05, 0) is 18.4 Å². The molecule has 1 fully saturated rings. The first kappa shape index (κ1) is 15.7. The molecule has 1 aliphatic rings. The zero-order valence-electron chi connectivity index (χ0n) is 12.6. The molecule has 0 unspecified atom stereocenters. The van der Waals surface area contributed by atoms with Crippen molar-refractivity contribution in [1.82, 2.24) is 9.80 Å². The summed E-state index contributed by atoms with van der Waals surface area (Å²) in [5, 5.41) is 0. The van der Waals surface area contributed by atoms with Gasteiger partial charge in [0.25, 0.3) is 0 Å². The van der Waals surface area contributed by atoms with Crippen LogP contribution < -0.4 is 5.73 Å². The number of nitrogens with two attached hydrogens (primary N) is 1. The van der Waals surface area contributed by atoms with Crippen LogP contribution in [-0.2, 0) is 11.2 Å². The van der Waals surface area contributed by atoms with Crippen LogP contribution in [0, 0.1) is 0 Å². The topological polar surface area (TPSA) is 49.6 Å². The zero-order valence-corrected chi connectivity index (χ0v) is 12.6. The van der Waals surface area contributed by atoms with Gasteiger partial charge in [0.15, 0.2) is 0 Å². The summed E-state index contributed by atoms with van der Waals surface area (Å²) < 4.78 is 0. The van der Waals surface area contributed by atoms with Gasteiger partial charge >= 0.3 is 0 Å². The van der Waals surface area contributed by atoms with E-state index in [0.717, 1.165) is 39.1 Å². The van der Waals surface area contributed by atoms with Gasteiger partial charge in [-0.2, -0.15) is 0 Å². The molecule has 0 bridgehead atoms. The van der Waals surface area contributed by atoms with Crippen LogP contribution in [0.4, 0.5) is 0 Å². The summed E-state index contributed by atoms with van der Waals surface area (Å²) in [5.41, 5.74) is 7.30. The molecule has 2 N–H and O–H groups in total. The molecule has 4 nitrogen and oxygen atoms in total. The Morgan fingerprint density at radius 1 is 1.24 bits per heavy atom. The van der Waals surface area contributed by atoms with E-state index < -0.39 is 6.04 Å². The van der Waals surface area contributed by atoms with Crippen molar-refractivity contribution < 1.29 is 4.79 Å². The fourth-order valence-corrected chi connectivity index (χ4v) is 2.66. The van der Waals surface area contributed by atoms with E-state index in [1.54, 1.807) is 0 Å². The maximum atomic E-state index is 12.3. The number of rotatable bonds is 6. The van der Waals surface area contributed by atoms with Crippen LogP contribution >= 0.6 is 0 Å². The Labute approximate surface area is 127 Å². The van der Waals surface area contributed by atoms with Gasteiger partial charge in [-0.1, -0.05) is 36.4 Å². The van der Waals surface area contributed by atoms with Gasteiger partial charge in [-0.15, -0.1) is 6.58 Å². The van der Waals surface area contributed by atoms with Gasteiger partial charge < -0.3 is 10.6 Å². The molecule has 114 valence electrons. The van der Waals surface area contributed by atoms with E-state index in [1.807, 2.05) is 29.2 Å². The van der Waals surface area contributed by atoms with Crippen LogP contribution in [0.25, 0.3) is 0 Å². The molecule has 21 heavy (non-hydrogen) atoms. The number of nitrogens with zero attached hydrogens (tertiary/aromatic N) is 2. The number of amides is 1. The molecule has 1 aromatic carbocycles. The smallest absolute Gasteiger partial charge is 0.239 e. The standard InChI is InChI=1S/C17H25N3O/c1-2-10-19-11-13-20(14-12-19)17(21)16(18)9-8-15-6-4-3-5-7-15/h2-7,16H,1,8-14,18H2/t16-/m0/s1. The molecule has 0 aliphatic carbocycles. The van der Waals surface area contributed by atoms with Crippen LogP contribution in [0.3, 0.4) is 0 Å².